The van der Waals surface area contributed by atoms with E-state index in [0.29, 0.717) is 29.8 Å². The SMILES string of the molecule is CN=C(NCCNC(=O)c1cccc(OC)c1)N1CCC2(CCC2)C1. The number of amides is 1. The summed E-state index contributed by atoms with van der Waals surface area (Å²) < 4.78 is 5.15. The average Bonchev–Trinajstić information content (AvgIpc) is 3.07. The average molecular weight is 344 g/mol. The molecule has 1 amide bonds. The predicted octanol–water partition coefficient (Wildman–Crippen LogP) is 1.88. The van der Waals surface area contributed by atoms with E-state index in [1.165, 1.54) is 25.7 Å². The number of benzene rings is 1. The standard InChI is InChI=1S/C19H28N4O2/c1-20-18(23-12-9-19(14-23)7-4-8-19)22-11-10-21-17(24)15-5-3-6-16(13-15)25-2/h3,5-6,13H,4,7-12,14H2,1-2H3,(H,20,22)(H,21,24). The molecule has 1 aliphatic carbocycles. The molecule has 6 nitrogen and oxygen atoms in total. The van der Waals surface area contributed by atoms with Crippen molar-refractivity contribution in [1.29, 1.82) is 0 Å². The maximum Gasteiger partial charge on any atom is 0.251 e. The first-order valence-corrected chi connectivity index (χ1v) is 9.04. The van der Waals surface area contributed by atoms with Crippen LogP contribution in [0.3, 0.4) is 0 Å². The van der Waals surface area contributed by atoms with Crippen LogP contribution in [0.1, 0.15) is 36.0 Å². The van der Waals surface area contributed by atoms with Gasteiger partial charge >= 0.3 is 0 Å². The summed E-state index contributed by atoms with van der Waals surface area (Å²) >= 11 is 0. The molecule has 2 N–H and O–H groups in total. The van der Waals surface area contributed by atoms with Crippen molar-refractivity contribution in [2.24, 2.45) is 10.4 Å². The molecule has 1 heterocycles. The molecule has 1 aliphatic heterocycles. The van der Waals surface area contributed by atoms with Crippen molar-refractivity contribution < 1.29 is 9.53 Å². The molecule has 0 atom stereocenters. The van der Waals surface area contributed by atoms with Crippen LogP contribution in [-0.2, 0) is 0 Å². The number of likely N-dealkylation sites (tertiary alicyclic amines) is 1. The van der Waals surface area contributed by atoms with E-state index in [-0.39, 0.29) is 5.91 Å². The van der Waals surface area contributed by atoms with Crippen LogP contribution in [0.15, 0.2) is 29.3 Å². The van der Waals surface area contributed by atoms with Crippen LogP contribution < -0.4 is 15.4 Å². The lowest BCUT2D eigenvalue weighted by Gasteiger charge is -2.38. The summed E-state index contributed by atoms with van der Waals surface area (Å²) in [5.74, 6) is 1.54. The molecule has 0 radical (unpaired) electrons. The molecule has 3 rings (SSSR count). The summed E-state index contributed by atoms with van der Waals surface area (Å²) in [6.07, 6.45) is 5.37. The Morgan fingerprint density at radius 2 is 2.08 bits per heavy atom. The molecular weight excluding hydrogens is 316 g/mol. The van der Waals surface area contributed by atoms with E-state index in [1.807, 2.05) is 19.2 Å². The monoisotopic (exact) mass is 344 g/mol. The molecule has 1 saturated carbocycles. The van der Waals surface area contributed by atoms with E-state index >= 15 is 0 Å². The van der Waals surface area contributed by atoms with Gasteiger partial charge in [-0.1, -0.05) is 12.5 Å². The summed E-state index contributed by atoms with van der Waals surface area (Å²) in [7, 11) is 3.42. The highest BCUT2D eigenvalue weighted by Crippen LogP contribution is 2.47. The summed E-state index contributed by atoms with van der Waals surface area (Å²) in [5.41, 5.74) is 1.16. The zero-order valence-corrected chi connectivity index (χ0v) is 15.2. The minimum absolute atomic E-state index is 0.0923. The largest absolute Gasteiger partial charge is 0.497 e. The highest BCUT2D eigenvalue weighted by Gasteiger charge is 2.43. The number of ether oxygens (including phenoxy) is 1. The van der Waals surface area contributed by atoms with Crippen LogP contribution >= 0.6 is 0 Å². The molecule has 0 unspecified atom stereocenters. The van der Waals surface area contributed by atoms with Crippen LogP contribution in [0.25, 0.3) is 0 Å². The molecule has 1 aromatic rings. The van der Waals surface area contributed by atoms with Gasteiger partial charge in [0.05, 0.1) is 7.11 Å². The van der Waals surface area contributed by atoms with E-state index in [2.05, 4.69) is 20.5 Å². The van der Waals surface area contributed by atoms with Crippen molar-refractivity contribution in [3.63, 3.8) is 0 Å². The summed E-state index contributed by atoms with van der Waals surface area (Å²) in [6, 6.07) is 7.17. The number of nitrogens with one attached hydrogen (secondary N) is 2. The third-order valence-corrected chi connectivity index (χ3v) is 5.39. The minimum Gasteiger partial charge on any atom is -0.497 e. The Morgan fingerprint density at radius 3 is 2.72 bits per heavy atom. The molecule has 25 heavy (non-hydrogen) atoms. The highest BCUT2D eigenvalue weighted by atomic mass is 16.5. The van der Waals surface area contributed by atoms with Gasteiger partial charge in [-0.15, -0.1) is 0 Å². The first kappa shape index (κ1) is 17.6. The van der Waals surface area contributed by atoms with Gasteiger partial charge in [0.1, 0.15) is 5.75 Å². The lowest BCUT2D eigenvalue weighted by molar-refractivity contribution is 0.0954. The van der Waals surface area contributed by atoms with E-state index in [4.69, 9.17) is 4.74 Å². The third kappa shape index (κ3) is 4.06. The van der Waals surface area contributed by atoms with Crippen LogP contribution in [0.4, 0.5) is 0 Å². The zero-order valence-electron chi connectivity index (χ0n) is 15.2. The fraction of sp³-hybridized carbons (Fsp3) is 0.579. The molecule has 0 bridgehead atoms. The second kappa shape index (κ2) is 7.76. The third-order valence-electron chi connectivity index (χ3n) is 5.39. The van der Waals surface area contributed by atoms with E-state index in [1.54, 1.807) is 19.2 Å². The van der Waals surface area contributed by atoms with Gasteiger partial charge in [0.25, 0.3) is 5.91 Å². The second-order valence-corrected chi connectivity index (χ2v) is 6.99. The highest BCUT2D eigenvalue weighted by molar-refractivity contribution is 5.94. The Labute approximate surface area is 149 Å². The number of guanidine groups is 1. The molecule has 1 spiro atoms. The van der Waals surface area contributed by atoms with Gasteiger partial charge in [-0.25, -0.2) is 0 Å². The van der Waals surface area contributed by atoms with Gasteiger partial charge in [-0.05, 0) is 42.9 Å². The normalized spacial score (nSPS) is 18.8. The summed E-state index contributed by atoms with van der Waals surface area (Å²) in [6.45, 7) is 3.40. The molecule has 136 valence electrons. The van der Waals surface area contributed by atoms with E-state index < -0.39 is 0 Å². The fourth-order valence-electron chi connectivity index (χ4n) is 3.75. The van der Waals surface area contributed by atoms with Crippen molar-refractivity contribution in [3.05, 3.63) is 29.8 Å². The first-order chi connectivity index (χ1) is 12.2. The van der Waals surface area contributed by atoms with E-state index in [9.17, 15) is 4.79 Å². The number of methoxy groups -OCH3 is 1. The molecule has 1 saturated heterocycles. The molecular formula is C19H28N4O2. The summed E-state index contributed by atoms with van der Waals surface area (Å²) in [4.78, 5) is 18.9. The van der Waals surface area contributed by atoms with Crippen molar-refractivity contribution in [2.75, 3.05) is 40.3 Å². The quantitative estimate of drug-likeness (QED) is 0.486. The van der Waals surface area contributed by atoms with Crippen molar-refractivity contribution in [1.82, 2.24) is 15.5 Å². The summed E-state index contributed by atoms with van der Waals surface area (Å²) in [5, 5.41) is 6.29. The molecule has 2 aliphatic rings. The van der Waals surface area contributed by atoms with Gasteiger partial charge in [-0.3, -0.25) is 9.79 Å². The Balaban J connectivity index is 1.42. The number of aliphatic imine (C=N–C) groups is 1. The van der Waals surface area contributed by atoms with Crippen LogP contribution in [0.2, 0.25) is 0 Å². The van der Waals surface area contributed by atoms with Crippen molar-refractivity contribution >= 4 is 11.9 Å². The predicted molar refractivity (Wildman–Crippen MR) is 99.2 cm³/mol. The smallest absolute Gasteiger partial charge is 0.251 e. The number of nitrogens with zero attached hydrogens (tertiary/aromatic N) is 2. The number of rotatable bonds is 5. The Morgan fingerprint density at radius 1 is 1.28 bits per heavy atom. The van der Waals surface area contributed by atoms with Gasteiger partial charge < -0.3 is 20.3 Å². The Kier molecular flexibility index (Phi) is 5.46. The van der Waals surface area contributed by atoms with Gasteiger partial charge in [0.2, 0.25) is 0 Å². The maximum absolute atomic E-state index is 12.2. The van der Waals surface area contributed by atoms with Crippen LogP contribution in [0, 0.1) is 5.41 Å². The van der Waals surface area contributed by atoms with Crippen LogP contribution in [-0.4, -0.2) is 57.1 Å². The minimum atomic E-state index is -0.0923. The van der Waals surface area contributed by atoms with Crippen LogP contribution in [0.5, 0.6) is 5.75 Å². The number of carbonyl (C=O) groups excluding carboxylic acids is 1. The van der Waals surface area contributed by atoms with Gasteiger partial charge in [0, 0.05) is 38.8 Å². The van der Waals surface area contributed by atoms with Crippen molar-refractivity contribution in [3.8, 4) is 5.75 Å². The Bertz CT molecular complexity index is 640. The van der Waals surface area contributed by atoms with Gasteiger partial charge in [-0.2, -0.15) is 0 Å². The Hall–Kier alpha value is -2.24. The van der Waals surface area contributed by atoms with Crippen molar-refractivity contribution in [2.45, 2.75) is 25.7 Å². The van der Waals surface area contributed by atoms with E-state index in [0.717, 1.165) is 19.0 Å². The first-order valence-electron chi connectivity index (χ1n) is 9.04. The fourth-order valence-corrected chi connectivity index (χ4v) is 3.75. The number of hydrogen-bond acceptors (Lipinski definition) is 3. The molecule has 6 heteroatoms. The zero-order chi connectivity index (χ0) is 17.7. The topological polar surface area (TPSA) is 66.0 Å². The molecule has 1 aromatic carbocycles. The second-order valence-electron chi connectivity index (χ2n) is 6.99. The number of carbonyl (C=O) groups is 1. The lowest BCUT2D eigenvalue weighted by Crippen LogP contribution is -2.44. The van der Waals surface area contributed by atoms with Gasteiger partial charge in [0.15, 0.2) is 5.96 Å². The lowest BCUT2D eigenvalue weighted by atomic mass is 9.68. The maximum atomic E-state index is 12.2. The molecule has 0 aromatic heterocycles. The number of hydrogen-bond donors (Lipinski definition) is 2. The molecule has 2 fully saturated rings.